The van der Waals surface area contributed by atoms with Gasteiger partial charge in [-0.25, -0.2) is 0 Å². The molecule has 1 aliphatic rings. The van der Waals surface area contributed by atoms with Gasteiger partial charge in [0.2, 0.25) is 0 Å². The molecule has 114 valence electrons. The summed E-state index contributed by atoms with van der Waals surface area (Å²) in [5.74, 6) is 0.752. The molecule has 0 bridgehead atoms. The lowest BCUT2D eigenvalue weighted by atomic mass is 9.82. The Morgan fingerprint density at radius 3 is 2.65 bits per heavy atom. The first-order valence-electron chi connectivity index (χ1n) is 8.13. The summed E-state index contributed by atoms with van der Waals surface area (Å²) in [6.07, 6.45) is 6.35. The second kappa shape index (κ2) is 7.06. The van der Waals surface area contributed by atoms with E-state index in [2.05, 4.69) is 42.5 Å². The quantitative estimate of drug-likeness (QED) is 0.737. The van der Waals surface area contributed by atoms with Crippen molar-refractivity contribution in [1.82, 2.24) is 4.90 Å². The Hall–Kier alpha value is -0.380. The zero-order valence-electron chi connectivity index (χ0n) is 13.3. The van der Waals surface area contributed by atoms with Gasteiger partial charge in [0.05, 0.1) is 0 Å². The predicted octanol–water partition coefficient (Wildman–Crippen LogP) is 4.26. The highest BCUT2D eigenvalue weighted by atomic mass is 32.1. The van der Waals surface area contributed by atoms with Gasteiger partial charge in [-0.1, -0.05) is 27.2 Å². The van der Waals surface area contributed by atoms with Gasteiger partial charge in [0, 0.05) is 24.7 Å². The molecule has 2 rings (SSSR count). The molecule has 0 aromatic carbocycles. The first kappa shape index (κ1) is 16.0. The van der Waals surface area contributed by atoms with Gasteiger partial charge in [-0.15, -0.1) is 0 Å². The second-order valence-electron chi connectivity index (χ2n) is 6.49. The zero-order valence-corrected chi connectivity index (χ0v) is 14.1. The number of nitrogens with two attached hydrogens (primary N) is 1. The van der Waals surface area contributed by atoms with Gasteiger partial charge >= 0.3 is 0 Å². The summed E-state index contributed by atoms with van der Waals surface area (Å²) in [5, 5.41) is 4.47. The lowest BCUT2D eigenvalue weighted by Gasteiger charge is -2.45. The lowest BCUT2D eigenvalue weighted by Crippen LogP contribution is -2.55. The molecule has 0 spiro atoms. The molecular weight excluding hydrogens is 264 g/mol. The molecule has 2 atom stereocenters. The van der Waals surface area contributed by atoms with Crippen LogP contribution in [0.2, 0.25) is 0 Å². The van der Waals surface area contributed by atoms with Crippen LogP contribution in [-0.4, -0.2) is 23.0 Å². The molecule has 0 aliphatic heterocycles. The Bertz CT molecular complexity index is 380. The second-order valence-corrected chi connectivity index (χ2v) is 7.27. The maximum Gasteiger partial charge on any atom is 0.0338 e. The fourth-order valence-electron chi connectivity index (χ4n) is 3.25. The molecule has 1 aliphatic carbocycles. The molecule has 2 N–H and O–H groups in total. The maximum atomic E-state index is 6.28. The van der Waals surface area contributed by atoms with Crippen molar-refractivity contribution in [2.24, 2.45) is 11.7 Å². The molecule has 20 heavy (non-hydrogen) atoms. The van der Waals surface area contributed by atoms with Crippen molar-refractivity contribution >= 4 is 11.3 Å². The monoisotopic (exact) mass is 294 g/mol. The van der Waals surface area contributed by atoms with Gasteiger partial charge in [-0.2, -0.15) is 11.3 Å². The van der Waals surface area contributed by atoms with Crippen LogP contribution in [0, 0.1) is 5.92 Å². The number of hydrogen-bond acceptors (Lipinski definition) is 3. The van der Waals surface area contributed by atoms with E-state index >= 15 is 0 Å². The third-order valence-electron chi connectivity index (χ3n) is 4.99. The summed E-state index contributed by atoms with van der Waals surface area (Å²) in [6, 6.07) is 3.03. The number of nitrogens with zero attached hydrogens (tertiary/aromatic N) is 1. The van der Waals surface area contributed by atoms with Crippen LogP contribution in [0.5, 0.6) is 0 Å². The highest BCUT2D eigenvalue weighted by Gasteiger charge is 2.42. The fraction of sp³-hybridized carbons (Fsp3) is 0.765. The maximum absolute atomic E-state index is 6.28. The highest BCUT2D eigenvalue weighted by Crippen LogP contribution is 2.39. The normalized spacial score (nSPS) is 20.1. The molecule has 3 heteroatoms. The molecule has 2 nitrogen and oxygen atoms in total. The molecule has 1 aromatic heterocycles. The topological polar surface area (TPSA) is 29.3 Å². The Balaban J connectivity index is 2.17. The van der Waals surface area contributed by atoms with Crippen LogP contribution in [0.3, 0.4) is 0 Å². The van der Waals surface area contributed by atoms with E-state index in [1.165, 1.54) is 31.2 Å². The van der Waals surface area contributed by atoms with Crippen LogP contribution in [0.1, 0.15) is 58.4 Å². The minimum Gasteiger partial charge on any atom is -0.329 e. The summed E-state index contributed by atoms with van der Waals surface area (Å²) in [5.41, 5.74) is 7.93. The van der Waals surface area contributed by atoms with Crippen molar-refractivity contribution in [2.45, 2.75) is 71.0 Å². The SMILES string of the molecule is CCC(C)CC(CC)(CN)N(Cc1ccsc1)C1CC1. The predicted molar refractivity (Wildman–Crippen MR) is 89.0 cm³/mol. The minimum absolute atomic E-state index is 0.193. The summed E-state index contributed by atoms with van der Waals surface area (Å²) >= 11 is 1.80. The molecule has 1 aromatic rings. The van der Waals surface area contributed by atoms with Crippen molar-refractivity contribution in [3.63, 3.8) is 0 Å². The third-order valence-corrected chi connectivity index (χ3v) is 5.73. The van der Waals surface area contributed by atoms with Crippen LogP contribution in [0.25, 0.3) is 0 Å². The van der Waals surface area contributed by atoms with E-state index in [1.807, 2.05) is 0 Å². The van der Waals surface area contributed by atoms with Crippen molar-refractivity contribution in [1.29, 1.82) is 0 Å². The Kier molecular flexibility index (Phi) is 5.65. The van der Waals surface area contributed by atoms with Crippen molar-refractivity contribution in [2.75, 3.05) is 6.54 Å². The van der Waals surface area contributed by atoms with Gasteiger partial charge in [0.15, 0.2) is 0 Å². The first-order chi connectivity index (χ1) is 9.65. The summed E-state index contributed by atoms with van der Waals surface area (Å²) in [7, 11) is 0. The largest absolute Gasteiger partial charge is 0.329 e. The standard InChI is InChI=1S/C17H30N2S/c1-4-14(3)10-17(5-2,13-18)19(16-6-7-16)11-15-8-9-20-12-15/h8-9,12,14,16H,4-7,10-11,13,18H2,1-3H3. The molecule has 1 heterocycles. The van der Waals surface area contributed by atoms with Gasteiger partial charge in [0.1, 0.15) is 0 Å². The van der Waals surface area contributed by atoms with Gasteiger partial charge in [0.25, 0.3) is 0 Å². The molecule has 0 radical (unpaired) electrons. The van der Waals surface area contributed by atoms with Crippen molar-refractivity contribution < 1.29 is 0 Å². The third kappa shape index (κ3) is 3.63. The highest BCUT2D eigenvalue weighted by molar-refractivity contribution is 7.07. The molecular formula is C17H30N2S. The molecule has 2 unspecified atom stereocenters. The first-order valence-corrected chi connectivity index (χ1v) is 9.07. The van der Waals surface area contributed by atoms with Gasteiger partial charge < -0.3 is 5.73 Å². The van der Waals surface area contributed by atoms with Gasteiger partial charge in [-0.3, -0.25) is 4.90 Å². The lowest BCUT2D eigenvalue weighted by molar-refractivity contribution is 0.0500. The molecule has 1 saturated carbocycles. The average Bonchev–Trinajstić information content (AvgIpc) is 3.19. The van der Waals surface area contributed by atoms with Crippen LogP contribution < -0.4 is 5.73 Å². The number of hydrogen-bond donors (Lipinski definition) is 1. The average molecular weight is 295 g/mol. The van der Waals surface area contributed by atoms with E-state index in [0.717, 1.165) is 31.5 Å². The van der Waals surface area contributed by atoms with Gasteiger partial charge in [-0.05, 0) is 54.0 Å². The minimum atomic E-state index is 0.193. The number of thiophene rings is 1. The summed E-state index contributed by atoms with van der Waals surface area (Å²) < 4.78 is 0. The molecule has 1 fully saturated rings. The van der Waals surface area contributed by atoms with E-state index in [1.54, 1.807) is 11.3 Å². The molecule has 0 amide bonds. The van der Waals surface area contributed by atoms with E-state index in [-0.39, 0.29) is 5.54 Å². The van der Waals surface area contributed by atoms with Crippen molar-refractivity contribution in [3.05, 3.63) is 22.4 Å². The van der Waals surface area contributed by atoms with Crippen LogP contribution in [-0.2, 0) is 6.54 Å². The Labute approximate surface area is 128 Å². The Morgan fingerprint density at radius 2 is 2.20 bits per heavy atom. The van der Waals surface area contributed by atoms with E-state index in [0.29, 0.717) is 0 Å². The van der Waals surface area contributed by atoms with E-state index in [9.17, 15) is 0 Å². The zero-order chi connectivity index (χ0) is 14.6. The van der Waals surface area contributed by atoms with E-state index in [4.69, 9.17) is 5.73 Å². The fourth-order valence-corrected chi connectivity index (χ4v) is 3.91. The van der Waals surface area contributed by atoms with Crippen LogP contribution in [0.15, 0.2) is 16.8 Å². The van der Waals surface area contributed by atoms with Crippen molar-refractivity contribution in [3.8, 4) is 0 Å². The summed E-state index contributed by atoms with van der Waals surface area (Å²) in [6.45, 7) is 8.85. The van der Waals surface area contributed by atoms with Crippen LogP contribution >= 0.6 is 11.3 Å². The van der Waals surface area contributed by atoms with Crippen LogP contribution in [0.4, 0.5) is 0 Å². The Morgan fingerprint density at radius 1 is 1.45 bits per heavy atom. The summed E-state index contributed by atoms with van der Waals surface area (Å²) in [4.78, 5) is 2.74. The smallest absolute Gasteiger partial charge is 0.0338 e. The van der Waals surface area contributed by atoms with E-state index < -0.39 is 0 Å². The molecule has 0 saturated heterocycles. The number of rotatable bonds is 9.